The lowest BCUT2D eigenvalue weighted by Gasteiger charge is -2.43. The van der Waals surface area contributed by atoms with E-state index in [-0.39, 0.29) is 12.0 Å². The minimum absolute atomic E-state index is 0.163. The molecule has 0 aromatic heterocycles. The summed E-state index contributed by atoms with van der Waals surface area (Å²) >= 11 is 0. The van der Waals surface area contributed by atoms with E-state index in [9.17, 15) is 18.0 Å². The highest BCUT2D eigenvalue weighted by atomic mass is 19.4. The molecule has 0 saturated heterocycles. The van der Waals surface area contributed by atoms with Gasteiger partial charge in [0.05, 0.1) is 13.2 Å². The highest BCUT2D eigenvalue weighted by molar-refractivity contribution is 5.81. The van der Waals surface area contributed by atoms with Crippen LogP contribution < -0.4 is 5.32 Å². The molecule has 1 unspecified atom stereocenters. The van der Waals surface area contributed by atoms with E-state index in [1.165, 1.54) is 0 Å². The van der Waals surface area contributed by atoms with Gasteiger partial charge in [0.25, 0.3) is 0 Å². The van der Waals surface area contributed by atoms with Crippen molar-refractivity contribution in [3.8, 4) is 0 Å². The molecule has 19 heavy (non-hydrogen) atoms. The molecule has 0 aromatic carbocycles. The summed E-state index contributed by atoms with van der Waals surface area (Å²) in [6, 6.07) is 0. The number of nitrogens with one attached hydrogen (secondary N) is 1. The number of rotatable bonds is 4. The van der Waals surface area contributed by atoms with Crippen molar-refractivity contribution in [2.75, 3.05) is 13.2 Å². The summed E-state index contributed by atoms with van der Waals surface area (Å²) in [5.41, 5.74) is -1.36. The van der Waals surface area contributed by atoms with Crippen LogP contribution in [0.2, 0.25) is 0 Å². The van der Waals surface area contributed by atoms with Crippen LogP contribution in [0.3, 0.4) is 0 Å². The standard InChI is InChI=1S/C13H22F3NO2/c1-4-19-10(18)12(17-9-13(14,15)16)7-5-6-11(2,3)8-12/h17H,4-9H2,1-3H3. The van der Waals surface area contributed by atoms with Crippen LogP contribution >= 0.6 is 0 Å². The van der Waals surface area contributed by atoms with Crippen molar-refractivity contribution >= 4 is 5.97 Å². The average Bonchev–Trinajstić information content (AvgIpc) is 2.24. The van der Waals surface area contributed by atoms with Crippen molar-refractivity contribution in [1.82, 2.24) is 5.32 Å². The van der Waals surface area contributed by atoms with E-state index in [2.05, 4.69) is 5.32 Å². The number of alkyl halides is 3. The number of carbonyl (C=O) groups is 1. The van der Waals surface area contributed by atoms with Crippen LogP contribution in [-0.4, -0.2) is 30.8 Å². The molecule has 0 aromatic rings. The molecule has 0 aliphatic heterocycles. The van der Waals surface area contributed by atoms with Gasteiger partial charge in [0.1, 0.15) is 5.54 Å². The monoisotopic (exact) mass is 281 g/mol. The smallest absolute Gasteiger partial charge is 0.401 e. The summed E-state index contributed by atoms with van der Waals surface area (Å²) in [7, 11) is 0. The maximum Gasteiger partial charge on any atom is 0.401 e. The van der Waals surface area contributed by atoms with Gasteiger partial charge in [-0.05, 0) is 31.6 Å². The molecule has 0 bridgehead atoms. The summed E-state index contributed by atoms with van der Waals surface area (Å²) in [4.78, 5) is 12.1. The van der Waals surface area contributed by atoms with Gasteiger partial charge < -0.3 is 4.74 Å². The predicted octanol–water partition coefficient (Wildman–Crippen LogP) is 3.04. The molecule has 1 N–H and O–H groups in total. The van der Waals surface area contributed by atoms with Crippen LogP contribution in [0.5, 0.6) is 0 Å². The molecule has 1 fully saturated rings. The largest absolute Gasteiger partial charge is 0.465 e. The molecule has 6 heteroatoms. The van der Waals surface area contributed by atoms with E-state index in [1.54, 1.807) is 6.92 Å². The SMILES string of the molecule is CCOC(=O)C1(NCC(F)(F)F)CCCC(C)(C)C1. The molecular formula is C13H22F3NO2. The Hall–Kier alpha value is -0.780. The summed E-state index contributed by atoms with van der Waals surface area (Å²) in [6.45, 7) is 4.60. The van der Waals surface area contributed by atoms with Gasteiger partial charge >= 0.3 is 12.1 Å². The lowest BCUT2D eigenvalue weighted by atomic mass is 9.68. The fraction of sp³-hybridized carbons (Fsp3) is 0.923. The molecule has 1 aliphatic carbocycles. The Morgan fingerprint density at radius 2 is 1.95 bits per heavy atom. The molecule has 0 heterocycles. The Balaban J connectivity index is 2.87. The third kappa shape index (κ3) is 4.67. The second kappa shape index (κ2) is 5.69. The van der Waals surface area contributed by atoms with Gasteiger partial charge in [0.15, 0.2) is 0 Å². The van der Waals surface area contributed by atoms with Gasteiger partial charge in [-0.25, -0.2) is 0 Å². The van der Waals surface area contributed by atoms with Crippen molar-refractivity contribution in [2.45, 2.75) is 58.2 Å². The number of hydrogen-bond acceptors (Lipinski definition) is 3. The molecule has 112 valence electrons. The zero-order valence-corrected chi connectivity index (χ0v) is 11.7. The highest BCUT2D eigenvalue weighted by Crippen LogP contribution is 2.41. The lowest BCUT2D eigenvalue weighted by Crippen LogP contribution is -2.59. The Morgan fingerprint density at radius 3 is 2.42 bits per heavy atom. The molecule has 0 radical (unpaired) electrons. The first-order chi connectivity index (χ1) is 8.60. The van der Waals surface area contributed by atoms with Gasteiger partial charge in [-0.1, -0.05) is 20.3 Å². The van der Waals surface area contributed by atoms with Gasteiger partial charge in [-0.3, -0.25) is 10.1 Å². The fourth-order valence-electron chi connectivity index (χ4n) is 2.80. The molecule has 1 aliphatic rings. The Kier molecular flexibility index (Phi) is 4.87. The molecule has 0 spiro atoms. The summed E-state index contributed by atoms with van der Waals surface area (Å²) in [5.74, 6) is -0.563. The molecule has 1 saturated carbocycles. The first kappa shape index (κ1) is 16.3. The number of esters is 1. The Bertz CT molecular complexity index is 328. The van der Waals surface area contributed by atoms with Crippen LogP contribution in [-0.2, 0) is 9.53 Å². The van der Waals surface area contributed by atoms with Crippen LogP contribution in [0.15, 0.2) is 0 Å². The topological polar surface area (TPSA) is 38.3 Å². The van der Waals surface area contributed by atoms with E-state index in [0.717, 1.165) is 12.8 Å². The van der Waals surface area contributed by atoms with Gasteiger partial charge in [-0.2, -0.15) is 13.2 Å². The number of hydrogen-bond donors (Lipinski definition) is 1. The Labute approximate surface area is 111 Å². The maximum atomic E-state index is 12.4. The molecule has 0 amide bonds. The minimum atomic E-state index is -4.33. The third-order valence-corrected chi connectivity index (χ3v) is 3.53. The molecular weight excluding hydrogens is 259 g/mol. The van der Waals surface area contributed by atoms with Crippen molar-refractivity contribution in [3.63, 3.8) is 0 Å². The predicted molar refractivity (Wildman–Crippen MR) is 65.7 cm³/mol. The van der Waals surface area contributed by atoms with Crippen molar-refractivity contribution in [3.05, 3.63) is 0 Å². The van der Waals surface area contributed by atoms with E-state index < -0.39 is 24.2 Å². The molecule has 3 nitrogen and oxygen atoms in total. The number of halogens is 3. The van der Waals surface area contributed by atoms with Crippen LogP contribution in [0, 0.1) is 5.41 Å². The maximum absolute atomic E-state index is 12.4. The van der Waals surface area contributed by atoms with Crippen molar-refractivity contribution in [2.24, 2.45) is 5.41 Å². The number of carbonyl (C=O) groups excluding carboxylic acids is 1. The van der Waals surface area contributed by atoms with E-state index in [4.69, 9.17) is 4.74 Å². The zero-order valence-electron chi connectivity index (χ0n) is 11.7. The van der Waals surface area contributed by atoms with Gasteiger partial charge in [0.2, 0.25) is 0 Å². The zero-order chi connectivity index (χ0) is 14.7. The third-order valence-electron chi connectivity index (χ3n) is 3.53. The number of ether oxygens (including phenoxy) is 1. The average molecular weight is 281 g/mol. The van der Waals surface area contributed by atoms with Gasteiger partial charge in [0, 0.05) is 0 Å². The van der Waals surface area contributed by atoms with Crippen molar-refractivity contribution in [1.29, 1.82) is 0 Å². The quantitative estimate of drug-likeness (QED) is 0.805. The first-order valence-electron chi connectivity index (χ1n) is 6.59. The summed E-state index contributed by atoms with van der Waals surface area (Å²) in [6.07, 6.45) is -1.94. The van der Waals surface area contributed by atoms with E-state index in [0.29, 0.717) is 12.8 Å². The van der Waals surface area contributed by atoms with Crippen LogP contribution in [0.25, 0.3) is 0 Å². The van der Waals surface area contributed by atoms with Crippen molar-refractivity contribution < 1.29 is 22.7 Å². The Morgan fingerprint density at radius 1 is 1.32 bits per heavy atom. The molecule has 1 atom stereocenters. The highest BCUT2D eigenvalue weighted by Gasteiger charge is 2.48. The van der Waals surface area contributed by atoms with Crippen LogP contribution in [0.1, 0.15) is 46.5 Å². The normalized spacial score (nSPS) is 27.1. The summed E-state index contributed by atoms with van der Waals surface area (Å²) < 4.78 is 42.2. The molecule has 1 rings (SSSR count). The minimum Gasteiger partial charge on any atom is -0.465 e. The second-order valence-corrected chi connectivity index (χ2v) is 5.97. The first-order valence-corrected chi connectivity index (χ1v) is 6.59. The van der Waals surface area contributed by atoms with Gasteiger partial charge in [-0.15, -0.1) is 0 Å². The van der Waals surface area contributed by atoms with E-state index >= 15 is 0 Å². The van der Waals surface area contributed by atoms with E-state index in [1.807, 2.05) is 13.8 Å². The lowest BCUT2D eigenvalue weighted by molar-refractivity contribution is -0.160. The summed E-state index contributed by atoms with van der Waals surface area (Å²) in [5, 5.41) is 2.42. The second-order valence-electron chi connectivity index (χ2n) is 5.97. The fourth-order valence-corrected chi connectivity index (χ4v) is 2.80. The van der Waals surface area contributed by atoms with Crippen LogP contribution in [0.4, 0.5) is 13.2 Å².